The van der Waals surface area contributed by atoms with Crippen molar-refractivity contribution < 1.29 is 19.0 Å². The van der Waals surface area contributed by atoms with Crippen LogP contribution in [0.15, 0.2) is 0 Å². The van der Waals surface area contributed by atoms with Gasteiger partial charge in [-0.2, -0.15) is 0 Å². The number of hydrogen-bond donors (Lipinski definition) is 0. The van der Waals surface area contributed by atoms with Crippen LogP contribution in [0.4, 0.5) is 4.79 Å². The van der Waals surface area contributed by atoms with E-state index in [0.29, 0.717) is 19.6 Å². The molecular weight excluding hydrogens is 208 g/mol. The third-order valence-electron chi connectivity index (χ3n) is 2.13. The molecule has 0 aromatic heterocycles. The van der Waals surface area contributed by atoms with Crippen molar-refractivity contribution in [3.05, 3.63) is 0 Å². The highest BCUT2D eigenvalue weighted by Crippen LogP contribution is 2.04. The van der Waals surface area contributed by atoms with Crippen molar-refractivity contribution in [2.24, 2.45) is 0 Å². The molecule has 96 valence electrons. The van der Waals surface area contributed by atoms with E-state index in [-0.39, 0.29) is 0 Å². The molecule has 0 aliphatic carbocycles. The van der Waals surface area contributed by atoms with E-state index in [2.05, 4.69) is 6.92 Å². The molecule has 0 aromatic rings. The fourth-order valence-electron chi connectivity index (χ4n) is 1.25. The molecule has 1 unspecified atom stereocenters. The molecule has 0 aliphatic heterocycles. The molecule has 0 aromatic carbocycles. The van der Waals surface area contributed by atoms with Crippen LogP contribution in [0, 0.1) is 0 Å². The normalized spacial score (nSPS) is 12.2. The molecule has 4 heteroatoms. The summed E-state index contributed by atoms with van der Waals surface area (Å²) in [6.07, 6.45) is 3.87. The zero-order valence-corrected chi connectivity index (χ0v) is 10.7. The van der Waals surface area contributed by atoms with Crippen molar-refractivity contribution in [2.45, 2.75) is 59.2 Å². The van der Waals surface area contributed by atoms with Crippen molar-refractivity contribution in [3.8, 4) is 0 Å². The third kappa shape index (κ3) is 8.53. The minimum Gasteiger partial charge on any atom is -0.434 e. The SMILES string of the molecule is CCCCCCOC(=O)OC(CC)OCC. The van der Waals surface area contributed by atoms with Gasteiger partial charge in [0.25, 0.3) is 0 Å². The van der Waals surface area contributed by atoms with Crippen LogP contribution in [0.5, 0.6) is 0 Å². The number of carbonyl (C=O) groups excluding carboxylic acids is 1. The summed E-state index contributed by atoms with van der Waals surface area (Å²) in [5, 5.41) is 0. The molecule has 0 radical (unpaired) electrons. The Morgan fingerprint density at radius 2 is 1.88 bits per heavy atom. The number of ether oxygens (including phenoxy) is 3. The molecular formula is C12H24O4. The average molecular weight is 232 g/mol. The second-order valence-corrected chi connectivity index (χ2v) is 3.57. The van der Waals surface area contributed by atoms with Crippen LogP contribution in [0.25, 0.3) is 0 Å². The minimum atomic E-state index is -0.628. The predicted octanol–water partition coefficient (Wildman–Crippen LogP) is 3.49. The van der Waals surface area contributed by atoms with E-state index in [1.807, 2.05) is 13.8 Å². The van der Waals surface area contributed by atoms with Crippen LogP contribution in [0.2, 0.25) is 0 Å². The Morgan fingerprint density at radius 3 is 2.44 bits per heavy atom. The quantitative estimate of drug-likeness (QED) is 0.347. The van der Waals surface area contributed by atoms with Gasteiger partial charge in [-0.15, -0.1) is 0 Å². The van der Waals surface area contributed by atoms with Gasteiger partial charge in [-0.3, -0.25) is 0 Å². The zero-order chi connectivity index (χ0) is 12.2. The fraction of sp³-hybridized carbons (Fsp3) is 0.917. The molecule has 0 saturated heterocycles. The van der Waals surface area contributed by atoms with Gasteiger partial charge in [-0.05, 0) is 13.3 Å². The van der Waals surface area contributed by atoms with Gasteiger partial charge in [0.05, 0.1) is 6.61 Å². The largest absolute Gasteiger partial charge is 0.510 e. The summed E-state index contributed by atoms with van der Waals surface area (Å²) >= 11 is 0. The Kier molecular flexibility index (Phi) is 10.2. The monoisotopic (exact) mass is 232 g/mol. The fourth-order valence-corrected chi connectivity index (χ4v) is 1.25. The summed E-state index contributed by atoms with van der Waals surface area (Å²) in [4.78, 5) is 11.2. The molecule has 0 fully saturated rings. The van der Waals surface area contributed by atoms with Crippen LogP contribution in [0.3, 0.4) is 0 Å². The highest BCUT2D eigenvalue weighted by molar-refractivity contribution is 5.59. The summed E-state index contributed by atoms with van der Waals surface area (Å²) in [6.45, 7) is 6.86. The van der Waals surface area contributed by atoms with Gasteiger partial charge >= 0.3 is 6.16 Å². The second kappa shape index (κ2) is 10.7. The van der Waals surface area contributed by atoms with Gasteiger partial charge in [0, 0.05) is 13.0 Å². The molecule has 0 N–H and O–H groups in total. The number of carbonyl (C=O) groups is 1. The van der Waals surface area contributed by atoms with Crippen LogP contribution in [0.1, 0.15) is 52.9 Å². The van der Waals surface area contributed by atoms with Crippen molar-refractivity contribution in [3.63, 3.8) is 0 Å². The zero-order valence-electron chi connectivity index (χ0n) is 10.7. The molecule has 4 nitrogen and oxygen atoms in total. The highest BCUT2D eigenvalue weighted by Gasteiger charge is 2.12. The molecule has 0 heterocycles. The maximum atomic E-state index is 11.2. The lowest BCUT2D eigenvalue weighted by molar-refractivity contribution is -0.120. The van der Waals surface area contributed by atoms with Gasteiger partial charge in [0.2, 0.25) is 6.29 Å². The Labute approximate surface area is 98.3 Å². The van der Waals surface area contributed by atoms with Crippen LogP contribution in [-0.2, 0) is 14.2 Å². The second-order valence-electron chi connectivity index (χ2n) is 3.57. The van der Waals surface area contributed by atoms with E-state index in [1.54, 1.807) is 0 Å². The molecule has 0 bridgehead atoms. The first-order valence-corrected chi connectivity index (χ1v) is 6.19. The molecule has 0 spiro atoms. The standard InChI is InChI=1S/C12H24O4/c1-4-7-8-9-10-15-12(13)16-11(5-2)14-6-3/h11H,4-10H2,1-3H3. The Morgan fingerprint density at radius 1 is 1.12 bits per heavy atom. The van der Waals surface area contributed by atoms with Gasteiger partial charge in [-0.25, -0.2) is 4.79 Å². The maximum absolute atomic E-state index is 11.2. The lowest BCUT2D eigenvalue weighted by atomic mass is 10.2. The first-order chi connectivity index (χ1) is 7.74. The molecule has 0 rings (SSSR count). The first-order valence-electron chi connectivity index (χ1n) is 6.19. The van der Waals surface area contributed by atoms with Crippen LogP contribution < -0.4 is 0 Å². The molecule has 0 amide bonds. The third-order valence-corrected chi connectivity index (χ3v) is 2.13. The molecule has 1 atom stereocenters. The van der Waals surface area contributed by atoms with E-state index in [9.17, 15) is 4.79 Å². The predicted molar refractivity (Wildman–Crippen MR) is 62.3 cm³/mol. The molecule has 0 saturated carbocycles. The van der Waals surface area contributed by atoms with Crippen molar-refractivity contribution in [1.29, 1.82) is 0 Å². The van der Waals surface area contributed by atoms with Gasteiger partial charge < -0.3 is 14.2 Å². The first kappa shape index (κ1) is 15.2. The Bertz CT molecular complexity index is 170. The molecule has 16 heavy (non-hydrogen) atoms. The van der Waals surface area contributed by atoms with Crippen molar-refractivity contribution in [1.82, 2.24) is 0 Å². The average Bonchev–Trinajstić information content (AvgIpc) is 2.28. The summed E-state index contributed by atoms with van der Waals surface area (Å²) < 4.78 is 15.1. The summed E-state index contributed by atoms with van der Waals surface area (Å²) in [5.74, 6) is 0. The summed E-state index contributed by atoms with van der Waals surface area (Å²) in [7, 11) is 0. The smallest absolute Gasteiger partial charge is 0.434 e. The van der Waals surface area contributed by atoms with Gasteiger partial charge in [0.1, 0.15) is 0 Å². The maximum Gasteiger partial charge on any atom is 0.510 e. The lowest BCUT2D eigenvalue weighted by Crippen LogP contribution is -2.21. The Balaban J connectivity index is 3.48. The minimum absolute atomic E-state index is 0.432. The van der Waals surface area contributed by atoms with Crippen LogP contribution >= 0.6 is 0 Å². The van der Waals surface area contributed by atoms with E-state index < -0.39 is 12.4 Å². The van der Waals surface area contributed by atoms with E-state index >= 15 is 0 Å². The van der Waals surface area contributed by atoms with Gasteiger partial charge in [0.15, 0.2) is 0 Å². The molecule has 0 aliphatic rings. The van der Waals surface area contributed by atoms with E-state index in [4.69, 9.17) is 14.2 Å². The highest BCUT2D eigenvalue weighted by atomic mass is 16.8. The van der Waals surface area contributed by atoms with Crippen LogP contribution in [-0.4, -0.2) is 25.7 Å². The van der Waals surface area contributed by atoms with E-state index in [0.717, 1.165) is 12.8 Å². The Hall–Kier alpha value is -0.770. The van der Waals surface area contributed by atoms with Gasteiger partial charge in [-0.1, -0.05) is 33.1 Å². The van der Waals surface area contributed by atoms with Crippen molar-refractivity contribution in [2.75, 3.05) is 13.2 Å². The summed E-state index contributed by atoms with van der Waals surface area (Å²) in [5.41, 5.74) is 0. The number of hydrogen-bond acceptors (Lipinski definition) is 4. The number of unbranched alkanes of at least 4 members (excludes halogenated alkanes) is 3. The number of rotatable bonds is 9. The topological polar surface area (TPSA) is 44.8 Å². The lowest BCUT2D eigenvalue weighted by Gasteiger charge is -2.15. The van der Waals surface area contributed by atoms with Crippen molar-refractivity contribution >= 4 is 6.16 Å². The summed E-state index contributed by atoms with van der Waals surface area (Å²) in [6, 6.07) is 0. The van der Waals surface area contributed by atoms with E-state index in [1.165, 1.54) is 12.8 Å².